The molecule has 0 aliphatic carbocycles. The molecule has 0 saturated carbocycles. The molecule has 122 valence electrons. The maximum absolute atomic E-state index is 5.64. The number of rotatable bonds is 16. The van der Waals surface area contributed by atoms with Crippen molar-refractivity contribution in [1.29, 1.82) is 0 Å². The molecule has 20 heavy (non-hydrogen) atoms. The van der Waals surface area contributed by atoms with Gasteiger partial charge in [0.25, 0.3) is 0 Å². The van der Waals surface area contributed by atoms with E-state index in [0.717, 1.165) is 11.9 Å². The zero-order valence-corrected chi connectivity index (χ0v) is 15.6. The first-order valence-electron chi connectivity index (χ1n) is 8.98. The van der Waals surface area contributed by atoms with Crippen molar-refractivity contribution in [2.45, 2.75) is 103 Å². The molecule has 0 aliphatic rings. The molecule has 0 amide bonds. The Balaban J connectivity index is 3.02. The van der Waals surface area contributed by atoms with Crippen molar-refractivity contribution in [3.63, 3.8) is 0 Å². The summed E-state index contributed by atoms with van der Waals surface area (Å²) in [5.41, 5.74) is 0. The molecule has 0 N–H and O–H groups in total. The molecule has 0 unspecified atom stereocenters. The van der Waals surface area contributed by atoms with E-state index in [1.165, 1.54) is 83.5 Å². The molecule has 0 aliphatic heterocycles. The first-order valence-corrected chi connectivity index (χ1v) is 10.1. The summed E-state index contributed by atoms with van der Waals surface area (Å²) in [6.45, 7) is 5.33. The first-order chi connectivity index (χ1) is 9.81. The topological polar surface area (TPSA) is 9.23 Å². The fourth-order valence-corrected chi connectivity index (χ4v) is 2.79. The highest BCUT2D eigenvalue weighted by atomic mass is 79.9. The third kappa shape index (κ3) is 16.5. The molecule has 0 fully saturated rings. The lowest BCUT2D eigenvalue weighted by Gasteiger charge is -2.11. The Bertz CT molecular complexity index is 173. The Morgan fingerprint density at radius 3 is 1.65 bits per heavy atom. The Labute approximate surface area is 136 Å². The number of alkyl halides is 1. The second-order valence-corrected chi connectivity index (χ2v) is 6.84. The van der Waals surface area contributed by atoms with E-state index in [-0.39, 0.29) is 0 Å². The standard InChI is InChI=1S/C18H37BrO/c1-3-4-5-6-7-8-9-10-11-12-13-14-15-18(2)20-17-16-19/h18H,3-17H2,1-2H3/t18-/m0/s1. The number of halogens is 1. The minimum atomic E-state index is 0.440. The summed E-state index contributed by atoms with van der Waals surface area (Å²) < 4.78 is 5.64. The highest BCUT2D eigenvalue weighted by molar-refractivity contribution is 9.09. The van der Waals surface area contributed by atoms with Crippen molar-refractivity contribution >= 4 is 15.9 Å². The van der Waals surface area contributed by atoms with Crippen LogP contribution in [-0.2, 0) is 4.74 Å². The van der Waals surface area contributed by atoms with Gasteiger partial charge in [0.2, 0.25) is 0 Å². The Kier molecular flexibility index (Phi) is 17.9. The van der Waals surface area contributed by atoms with Gasteiger partial charge in [-0.2, -0.15) is 0 Å². The van der Waals surface area contributed by atoms with Gasteiger partial charge in [0, 0.05) is 5.33 Å². The van der Waals surface area contributed by atoms with Crippen molar-refractivity contribution in [2.75, 3.05) is 11.9 Å². The average molecular weight is 349 g/mol. The number of unbranched alkanes of at least 4 members (excludes halogenated alkanes) is 11. The number of hydrogen-bond acceptors (Lipinski definition) is 1. The van der Waals surface area contributed by atoms with Gasteiger partial charge in [0.15, 0.2) is 0 Å². The van der Waals surface area contributed by atoms with Crippen LogP contribution in [-0.4, -0.2) is 18.0 Å². The molecule has 0 rings (SSSR count). The third-order valence-electron chi connectivity index (χ3n) is 3.94. The molecule has 0 saturated heterocycles. The van der Waals surface area contributed by atoms with E-state index in [1.807, 2.05) is 0 Å². The fourth-order valence-electron chi connectivity index (χ4n) is 2.60. The summed E-state index contributed by atoms with van der Waals surface area (Å²) >= 11 is 3.39. The summed E-state index contributed by atoms with van der Waals surface area (Å²) in [5.74, 6) is 0. The molecule has 1 atom stereocenters. The van der Waals surface area contributed by atoms with E-state index in [1.54, 1.807) is 0 Å². The first kappa shape index (κ1) is 20.4. The molecule has 0 aromatic heterocycles. The molecule has 1 nitrogen and oxygen atoms in total. The summed E-state index contributed by atoms with van der Waals surface area (Å²) in [6.07, 6.45) is 18.8. The lowest BCUT2D eigenvalue weighted by molar-refractivity contribution is 0.0707. The molecule has 2 heteroatoms. The van der Waals surface area contributed by atoms with Crippen LogP contribution in [0.3, 0.4) is 0 Å². The highest BCUT2D eigenvalue weighted by Gasteiger charge is 2.01. The van der Waals surface area contributed by atoms with E-state index in [4.69, 9.17) is 4.74 Å². The van der Waals surface area contributed by atoms with Gasteiger partial charge in [0.05, 0.1) is 12.7 Å². The molecule has 0 heterocycles. The van der Waals surface area contributed by atoms with Crippen molar-refractivity contribution in [1.82, 2.24) is 0 Å². The maximum Gasteiger partial charge on any atom is 0.0566 e. The van der Waals surface area contributed by atoms with Gasteiger partial charge < -0.3 is 4.74 Å². The van der Waals surface area contributed by atoms with Crippen LogP contribution in [0.25, 0.3) is 0 Å². The van der Waals surface area contributed by atoms with Crippen molar-refractivity contribution in [3.05, 3.63) is 0 Å². The Morgan fingerprint density at radius 2 is 1.20 bits per heavy atom. The summed E-state index contributed by atoms with van der Waals surface area (Å²) in [4.78, 5) is 0. The van der Waals surface area contributed by atoms with Gasteiger partial charge in [-0.25, -0.2) is 0 Å². The zero-order valence-electron chi connectivity index (χ0n) is 14.0. The van der Waals surface area contributed by atoms with E-state index >= 15 is 0 Å². The minimum Gasteiger partial charge on any atom is -0.378 e. The van der Waals surface area contributed by atoms with Crippen LogP contribution < -0.4 is 0 Å². The molecular weight excluding hydrogens is 312 g/mol. The van der Waals surface area contributed by atoms with Gasteiger partial charge >= 0.3 is 0 Å². The summed E-state index contributed by atoms with van der Waals surface area (Å²) in [6, 6.07) is 0. The number of ether oxygens (including phenoxy) is 1. The van der Waals surface area contributed by atoms with Crippen LogP contribution in [0.15, 0.2) is 0 Å². The van der Waals surface area contributed by atoms with E-state index < -0.39 is 0 Å². The monoisotopic (exact) mass is 348 g/mol. The minimum absolute atomic E-state index is 0.440. The SMILES string of the molecule is CCCCCCCCCCCCCC[C@H](C)OCCBr. The smallest absolute Gasteiger partial charge is 0.0566 e. The van der Waals surface area contributed by atoms with Crippen molar-refractivity contribution in [2.24, 2.45) is 0 Å². The zero-order chi connectivity index (χ0) is 14.9. The van der Waals surface area contributed by atoms with Crippen molar-refractivity contribution < 1.29 is 4.74 Å². The molecule has 0 radical (unpaired) electrons. The predicted molar refractivity (Wildman–Crippen MR) is 94.9 cm³/mol. The fraction of sp³-hybridized carbons (Fsp3) is 1.00. The third-order valence-corrected chi connectivity index (χ3v) is 4.27. The Hall–Kier alpha value is 0.440. The van der Waals surface area contributed by atoms with Gasteiger partial charge in [0.1, 0.15) is 0 Å². The van der Waals surface area contributed by atoms with Crippen LogP contribution in [0.5, 0.6) is 0 Å². The highest BCUT2D eigenvalue weighted by Crippen LogP contribution is 2.13. The van der Waals surface area contributed by atoms with Crippen LogP contribution in [0.2, 0.25) is 0 Å². The normalized spacial score (nSPS) is 12.8. The van der Waals surface area contributed by atoms with Crippen LogP contribution in [0.4, 0.5) is 0 Å². The quantitative estimate of drug-likeness (QED) is 0.218. The average Bonchev–Trinajstić information content (AvgIpc) is 2.46. The van der Waals surface area contributed by atoms with E-state index in [9.17, 15) is 0 Å². The Morgan fingerprint density at radius 1 is 0.750 bits per heavy atom. The van der Waals surface area contributed by atoms with Gasteiger partial charge in [-0.05, 0) is 13.3 Å². The summed E-state index contributed by atoms with van der Waals surface area (Å²) in [5, 5.41) is 0.954. The van der Waals surface area contributed by atoms with Crippen LogP contribution >= 0.6 is 15.9 Å². The predicted octanol–water partition coefficient (Wildman–Crippen LogP) is 6.88. The van der Waals surface area contributed by atoms with Crippen molar-refractivity contribution in [3.8, 4) is 0 Å². The molecule has 0 spiro atoms. The van der Waals surface area contributed by atoms with Crippen LogP contribution in [0, 0.1) is 0 Å². The van der Waals surface area contributed by atoms with Gasteiger partial charge in [-0.3, -0.25) is 0 Å². The molecule has 0 aromatic rings. The van der Waals surface area contributed by atoms with Gasteiger partial charge in [-0.15, -0.1) is 0 Å². The summed E-state index contributed by atoms with van der Waals surface area (Å²) in [7, 11) is 0. The molecular formula is C18H37BrO. The lowest BCUT2D eigenvalue weighted by atomic mass is 10.0. The lowest BCUT2D eigenvalue weighted by Crippen LogP contribution is -2.09. The number of hydrogen-bond donors (Lipinski definition) is 0. The second kappa shape index (κ2) is 17.5. The van der Waals surface area contributed by atoms with Gasteiger partial charge in [-0.1, -0.05) is 99.9 Å². The largest absolute Gasteiger partial charge is 0.378 e. The maximum atomic E-state index is 5.64. The molecule has 0 bridgehead atoms. The van der Waals surface area contributed by atoms with Crippen LogP contribution in [0.1, 0.15) is 97.3 Å². The molecule has 0 aromatic carbocycles. The second-order valence-electron chi connectivity index (χ2n) is 6.05. The van der Waals surface area contributed by atoms with E-state index in [2.05, 4.69) is 29.8 Å². The van der Waals surface area contributed by atoms with E-state index in [0.29, 0.717) is 6.10 Å².